The number of amides is 1. The number of carbonyl (C=O) groups excluding carboxylic acids is 1. The first-order chi connectivity index (χ1) is 12.2. The van der Waals surface area contributed by atoms with Gasteiger partial charge in [0.05, 0.1) is 7.11 Å². The third-order valence-corrected chi connectivity index (χ3v) is 5.00. The maximum Gasteiger partial charge on any atom is 0.251 e. The van der Waals surface area contributed by atoms with Crippen molar-refractivity contribution in [3.05, 3.63) is 65.2 Å². The van der Waals surface area contributed by atoms with Crippen LogP contribution in [-0.4, -0.2) is 38.1 Å². The van der Waals surface area contributed by atoms with E-state index in [1.807, 2.05) is 18.2 Å². The van der Waals surface area contributed by atoms with Gasteiger partial charge in [-0.05, 0) is 67.2 Å². The van der Waals surface area contributed by atoms with Crippen molar-refractivity contribution in [2.24, 2.45) is 0 Å². The number of methoxy groups -OCH3 is 1. The Morgan fingerprint density at radius 2 is 1.88 bits per heavy atom. The number of benzene rings is 2. The molecule has 4 nitrogen and oxygen atoms in total. The minimum atomic E-state index is -0.0364. The lowest BCUT2D eigenvalue weighted by molar-refractivity contribution is 0.0963. The van der Waals surface area contributed by atoms with Crippen LogP contribution in [-0.2, 0) is 6.54 Å². The van der Waals surface area contributed by atoms with Crippen molar-refractivity contribution in [2.75, 3.05) is 27.2 Å². The first-order valence-corrected chi connectivity index (χ1v) is 8.87. The van der Waals surface area contributed by atoms with E-state index in [2.05, 4.69) is 40.5 Å². The number of hydrogen-bond acceptors (Lipinski definition) is 3. The van der Waals surface area contributed by atoms with Crippen molar-refractivity contribution in [3.8, 4) is 5.75 Å². The summed E-state index contributed by atoms with van der Waals surface area (Å²) in [5.74, 6) is 1.52. The van der Waals surface area contributed by atoms with Gasteiger partial charge in [0.25, 0.3) is 5.91 Å². The summed E-state index contributed by atoms with van der Waals surface area (Å²) in [4.78, 5) is 14.1. The van der Waals surface area contributed by atoms with Gasteiger partial charge in [0.2, 0.25) is 0 Å². The molecule has 1 heterocycles. The third-order valence-electron chi connectivity index (χ3n) is 5.00. The summed E-state index contributed by atoms with van der Waals surface area (Å²) in [7, 11) is 3.37. The molecule has 3 rings (SSSR count). The van der Waals surface area contributed by atoms with E-state index in [0.717, 1.165) is 25.4 Å². The predicted octanol–water partition coefficient (Wildman–Crippen LogP) is 3.43. The van der Waals surface area contributed by atoms with Gasteiger partial charge in [-0.3, -0.25) is 9.69 Å². The van der Waals surface area contributed by atoms with E-state index in [9.17, 15) is 4.79 Å². The molecule has 1 aliphatic rings. The fourth-order valence-corrected chi connectivity index (χ4v) is 3.48. The van der Waals surface area contributed by atoms with E-state index in [1.54, 1.807) is 14.2 Å². The van der Waals surface area contributed by atoms with E-state index in [-0.39, 0.29) is 5.91 Å². The Hall–Kier alpha value is -2.33. The van der Waals surface area contributed by atoms with Gasteiger partial charge in [0.1, 0.15) is 5.75 Å². The molecule has 1 fully saturated rings. The third kappa shape index (κ3) is 4.40. The van der Waals surface area contributed by atoms with Gasteiger partial charge in [-0.25, -0.2) is 0 Å². The van der Waals surface area contributed by atoms with Crippen LogP contribution in [0.3, 0.4) is 0 Å². The summed E-state index contributed by atoms with van der Waals surface area (Å²) >= 11 is 0. The number of carbonyl (C=O) groups is 1. The first-order valence-electron chi connectivity index (χ1n) is 8.87. The lowest BCUT2D eigenvalue weighted by Crippen LogP contribution is -2.32. The van der Waals surface area contributed by atoms with Gasteiger partial charge in [-0.2, -0.15) is 0 Å². The fraction of sp³-hybridized carbons (Fsp3) is 0.381. The number of nitrogens with one attached hydrogen (secondary N) is 1. The summed E-state index contributed by atoms with van der Waals surface area (Å²) in [5.41, 5.74) is 3.35. The van der Waals surface area contributed by atoms with Crippen LogP contribution in [0.1, 0.15) is 40.2 Å². The van der Waals surface area contributed by atoms with Crippen LogP contribution >= 0.6 is 0 Å². The highest BCUT2D eigenvalue weighted by molar-refractivity contribution is 5.93. The molecule has 0 spiro atoms. The maximum absolute atomic E-state index is 11.6. The molecule has 1 N–H and O–H groups in total. The van der Waals surface area contributed by atoms with Crippen molar-refractivity contribution >= 4 is 5.91 Å². The molecule has 0 aromatic heterocycles. The molecule has 0 bridgehead atoms. The molecule has 132 valence electrons. The zero-order chi connectivity index (χ0) is 17.6. The minimum Gasteiger partial charge on any atom is -0.497 e. The summed E-state index contributed by atoms with van der Waals surface area (Å²) < 4.78 is 5.34. The topological polar surface area (TPSA) is 41.6 Å². The number of ether oxygens (including phenoxy) is 1. The van der Waals surface area contributed by atoms with Crippen molar-refractivity contribution in [3.63, 3.8) is 0 Å². The summed E-state index contributed by atoms with van der Waals surface area (Å²) in [6.07, 6.45) is 2.34. The smallest absolute Gasteiger partial charge is 0.251 e. The molecule has 1 aliphatic heterocycles. The van der Waals surface area contributed by atoms with Crippen LogP contribution in [0.25, 0.3) is 0 Å². The van der Waals surface area contributed by atoms with E-state index >= 15 is 0 Å². The number of hydrogen-bond donors (Lipinski definition) is 1. The minimum absolute atomic E-state index is 0.0364. The Morgan fingerprint density at radius 1 is 1.16 bits per heavy atom. The molecule has 0 saturated carbocycles. The van der Waals surface area contributed by atoms with Gasteiger partial charge in [0.15, 0.2) is 0 Å². The van der Waals surface area contributed by atoms with E-state index in [4.69, 9.17) is 4.74 Å². The second-order valence-corrected chi connectivity index (χ2v) is 6.60. The monoisotopic (exact) mass is 338 g/mol. The highest BCUT2D eigenvalue weighted by Crippen LogP contribution is 2.30. The molecule has 2 aromatic carbocycles. The Labute approximate surface area is 149 Å². The van der Waals surface area contributed by atoms with Crippen LogP contribution in [0.15, 0.2) is 48.5 Å². The first kappa shape index (κ1) is 17.5. The average molecular weight is 338 g/mol. The van der Waals surface area contributed by atoms with E-state index in [0.29, 0.717) is 11.5 Å². The predicted molar refractivity (Wildman–Crippen MR) is 100 cm³/mol. The second kappa shape index (κ2) is 8.17. The SMILES string of the molecule is CNC(=O)c1ccc(CN2CCC(c3cccc(OC)c3)CC2)cc1. The van der Waals surface area contributed by atoms with Gasteiger partial charge in [0, 0.05) is 19.2 Å². The van der Waals surface area contributed by atoms with Crippen LogP contribution in [0.5, 0.6) is 5.75 Å². The molecule has 0 radical (unpaired) electrons. The molecule has 0 aliphatic carbocycles. The molecule has 0 unspecified atom stereocenters. The van der Waals surface area contributed by atoms with Gasteiger partial charge >= 0.3 is 0 Å². The van der Waals surface area contributed by atoms with Crippen LogP contribution in [0.2, 0.25) is 0 Å². The standard InChI is InChI=1S/C21H26N2O2/c1-22-21(24)18-8-6-16(7-9-18)15-23-12-10-17(11-13-23)19-4-3-5-20(14-19)25-2/h3-9,14,17H,10-13,15H2,1-2H3,(H,22,24). The summed E-state index contributed by atoms with van der Waals surface area (Å²) in [6.45, 7) is 3.14. The molecule has 0 atom stereocenters. The Bertz CT molecular complexity index is 704. The zero-order valence-electron chi connectivity index (χ0n) is 15.0. The van der Waals surface area contributed by atoms with Crippen molar-refractivity contribution in [1.29, 1.82) is 0 Å². The van der Waals surface area contributed by atoms with Crippen molar-refractivity contribution in [2.45, 2.75) is 25.3 Å². The van der Waals surface area contributed by atoms with E-state index in [1.165, 1.54) is 24.0 Å². The second-order valence-electron chi connectivity index (χ2n) is 6.60. The van der Waals surface area contributed by atoms with Crippen LogP contribution in [0.4, 0.5) is 0 Å². The highest BCUT2D eigenvalue weighted by Gasteiger charge is 2.21. The lowest BCUT2D eigenvalue weighted by atomic mass is 9.89. The highest BCUT2D eigenvalue weighted by atomic mass is 16.5. The number of likely N-dealkylation sites (tertiary alicyclic amines) is 1. The lowest BCUT2D eigenvalue weighted by Gasteiger charge is -2.32. The molecule has 1 saturated heterocycles. The van der Waals surface area contributed by atoms with Crippen molar-refractivity contribution < 1.29 is 9.53 Å². The number of piperidine rings is 1. The Kier molecular flexibility index (Phi) is 5.71. The molecular weight excluding hydrogens is 312 g/mol. The average Bonchev–Trinajstić information content (AvgIpc) is 2.68. The van der Waals surface area contributed by atoms with E-state index < -0.39 is 0 Å². The normalized spacial score (nSPS) is 15.8. The molecule has 25 heavy (non-hydrogen) atoms. The fourth-order valence-electron chi connectivity index (χ4n) is 3.48. The van der Waals surface area contributed by atoms with Crippen LogP contribution in [0, 0.1) is 0 Å². The largest absolute Gasteiger partial charge is 0.497 e. The Morgan fingerprint density at radius 3 is 2.52 bits per heavy atom. The van der Waals surface area contributed by atoms with Crippen molar-refractivity contribution in [1.82, 2.24) is 10.2 Å². The van der Waals surface area contributed by atoms with Gasteiger partial charge < -0.3 is 10.1 Å². The zero-order valence-corrected chi connectivity index (χ0v) is 15.0. The molecule has 2 aromatic rings. The summed E-state index contributed by atoms with van der Waals surface area (Å²) in [5, 5.41) is 2.65. The molecule has 1 amide bonds. The van der Waals surface area contributed by atoms with Crippen LogP contribution < -0.4 is 10.1 Å². The Balaban J connectivity index is 1.54. The number of rotatable bonds is 5. The maximum atomic E-state index is 11.6. The van der Waals surface area contributed by atoms with Gasteiger partial charge in [-0.1, -0.05) is 24.3 Å². The molecule has 4 heteroatoms. The molecular formula is C21H26N2O2. The van der Waals surface area contributed by atoms with Gasteiger partial charge in [-0.15, -0.1) is 0 Å². The number of nitrogens with zero attached hydrogens (tertiary/aromatic N) is 1. The summed E-state index contributed by atoms with van der Waals surface area (Å²) in [6, 6.07) is 16.4. The quantitative estimate of drug-likeness (QED) is 0.908.